The van der Waals surface area contributed by atoms with Crippen molar-refractivity contribution in [2.45, 2.75) is 32.1 Å². The molecule has 146 valence electrons. The summed E-state index contributed by atoms with van der Waals surface area (Å²) in [5, 5.41) is 2.76. The maximum atomic E-state index is 12.1. The van der Waals surface area contributed by atoms with Crippen molar-refractivity contribution < 1.29 is 17.9 Å². The molecule has 0 unspecified atom stereocenters. The third-order valence-corrected chi connectivity index (χ3v) is 5.27. The van der Waals surface area contributed by atoms with Gasteiger partial charge in [0.2, 0.25) is 10.0 Å². The average Bonchev–Trinajstić information content (AvgIpc) is 2.66. The van der Waals surface area contributed by atoms with E-state index < -0.39 is 10.0 Å². The van der Waals surface area contributed by atoms with E-state index in [2.05, 4.69) is 17.0 Å². The molecule has 0 radical (unpaired) electrons. The third-order valence-electron chi connectivity index (χ3n) is 3.83. The van der Waals surface area contributed by atoms with E-state index in [0.717, 1.165) is 6.42 Å². The number of carbonyl (C=O) groups excluding carboxylic acids is 1. The summed E-state index contributed by atoms with van der Waals surface area (Å²) in [7, 11) is -3.53. The van der Waals surface area contributed by atoms with Gasteiger partial charge in [-0.25, -0.2) is 13.1 Å². The van der Waals surface area contributed by atoms with Gasteiger partial charge in [0.15, 0.2) is 6.61 Å². The van der Waals surface area contributed by atoms with Crippen LogP contribution in [0.2, 0.25) is 0 Å². The molecular weight excluding hydrogens is 364 g/mol. The lowest BCUT2D eigenvalue weighted by Crippen LogP contribution is -2.27. The largest absolute Gasteiger partial charge is 0.484 e. The topological polar surface area (TPSA) is 84.5 Å². The van der Waals surface area contributed by atoms with Crippen LogP contribution < -0.4 is 14.8 Å². The van der Waals surface area contributed by atoms with Gasteiger partial charge in [0, 0.05) is 12.2 Å². The van der Waals surface area contributed by atoms with E-state index in [-0.39, 0.29) is 23.3 Å². The molecule has 0 saturated carbocycles. The fourth-order valence-electron chi connectivity index (χ4n) is 2.24. The molecular formula is C20H26N2O4S. The number of aryl methyl sites for hydroxylation is 1. The summed E-state index contributed by atoms with van der Waals surface area (Å²) in [6, 6.07) is 13.6. The first kappa shape index (κ1) is 20.9. The molecule has 1 amide bonds. The maximum absolute atomic E-state index is 12.1. The van der Waals surface area contributed by atoms with E-state index in [1.165, 1.54) is 29.8 Å². The molecule has 0 bridgehead atoms. The summed E-state index contributed by atoms with van der Waals surface area (Å²) in [6.07, 6.45) is 0.941. The molecule has 27 heavy (non-hydrogen) atoms. The molecule has 0 fully saturated rings. The Kier molecular flexibility index (Phi) is 7.38. The van der Waals surface area contributed by atoms with Gasteiger partial charge < -0.3 is 10.1 Å². The highest BCUT2D eigenvalue weighted by molar-refractivity contribution is 7.89. The predicted octanol–water partition coefficient (Wildman–Crippen LogP) is 3.20. The SMILES string of the molecule is CCc1ccc(NC(=O)COc2ccc(S(=O)(=O)NCC(C)C)cc2)cc1. The first-order valence-corrected chi connectivity index (χ1v) is 10.4. The van der Waals surface area contributed by atoms with E-state index in [4.69, 9.17) is 4.74 Å². The van der Waals surface area contributed by atoms with Crippen molar-refractivity contribution in [3.05, 3.63) is 54.1 Å². The molecule has 7 heteroatoms. The van der Waals surface area contributed by atoms with Gasteiger partial charge in [-0.15, -0.1) is 0 Å². The fourth-order valence-corrected chi connectivity index (χ4v) is 3.46. The molecule has 6 nitrogen and oxygen atoms in total. The molecule has 2 aromatic rings. The molecule has 2 N–H and O–H groups in total. The van der Waals surface area contributed by atoms with Gasteiger partial charge in [0.05, 0.1) is 4.90 Å². The maximum Gasteiger partial charge on any atom is 0.262 e. The van der Waals surface area contributed by atoms with E-state index in [9.17, 15) is 13.2 Å². The second kappa shape index (κ2) is 9.53. The van der Waals surface area contributed by atoms with Crippen LogP contribution in [0.3, 0.4) is 0 Å². The Hall–Kier alpha value is -2.38. The number of benzene rings is 2. The summed E-state index contributed by atoms with van der Waals surface area (Å²) < 4.78 is 32.3. The van der Waals surface area contributed by atoms with Crippen molar-refractivity contribution in [3.8, 4) is 5.75 Å². The van der Waals surface area contributed by atoms with E-state index in [0.29, 0.717) is 18.0 Å². The standard InChI is InChI=1S/C20H26N2O4S/c1-4-16-5-7-17(8-6-16)22-20(23)14-26-18-9-11-19(12-10-18)27(24,25)21-13-15(2)3/h5-12,15,21H,4,13-14H2,1-3H3,(H,22,23). The first-order chi connectivity index (χ1) is 12.8. The minimum atomic E-state index is -3.53. The number of amides is 1. The summed E-state index contributed by atoms with van der Waals surface area (Å²) in [6.45, 7) is 6.15. The highest BCUT2D eigenvalue weighted by Gasteiger charge is 2.14. The number of anilines is 1. The lowest BCUT2D eigenvalue weighted by molar-refractivity contribution is -0.118. The summed E-state index contributed by atoms with van der Waals surface area (Å²) in [4.78, 5) is 12.1. The molecule has 0 spiro atoms. The minimum Gasteiger partial charge on any atom is -0.484 e. The third kappa shape index (κ3) is 6.69. The molecule has 0 heterocycles. The zero-order chi connectivity index (χ0) is 19.9. The van der Waals surface area contributed by atoms with E-state index in [1.54, 1.807) is 0 Å². The smallest absolute Gasteiger partial charge is 0.262 e. The zero-order valence-corrected chi connectivity index (χ0v) is 16.7. The van der Waals surface area contributed by atoms with E-state index >= 15 is 0 Å². The minimum absolute atomic E-state index is 0.159. The molecule has 0 atom stereocenters. The highest BCUT2D eigenvalue weighted by Crippen LogP contribution is 2.16. The van der Waals surface area contributed by atoms with Crippen LogP contribution in [-0.4, -0.2) is 27.5 Å². The van der Waals surface area contributed by atoms with Gasteiger partial charge in [0.25, 0.3) is 5.91 Å². The van der Waals surface area contributed by atoms with Gasteiger partial charge in [-0.2, -0.15) is 0 Å². The average molecular weight is 391 g/mol. The molecule has 0 aliphatic heterocycles. The molecule has 2 rings (SSSR count). The van der Waals surface area contributed by atoms with Crippen LogP contribution >= 0.6 is 0 Å². The van der Waals surface area contributed by atoms with Crippen LogP contribution in [0.15, 0.2) is 53.4 Å². The van der Waals surface area contributed by atoms with Crippen LogP contribution in [0.25, 0.3) is 0 Å². The van der Waals surface area contributed by atoms with Crippen LogP contribution in [0.5, 0.6) is 5.75 Å². The molecule has 2 aromatic carbocycles. The van der Waals surface area contributed by atoms with Crippen molar-refractivity contribution in [1.29, 1.82) is 0 Å². The number of nitrogens with one attached hydrogen (secondary N) is 2. The second-order valence-electron chi connectivity index (χ2n) is 6.60. The lowest BCUT2D eigenvalue weighted by atomic mass is 10.1. The second-order valence-corrected chi connectivity index (χ2v) is 8.37. The van der Waals surface area contributed by atoms with Crippen molar-refractivity contribution in [2.75, 3.05) is 18.5 Å². The molecule has 0 saturated heterocycles. The Morgan fingerprint density at radius 3 is 2.22 bits per heavy atom. The van der Waals surface area contributed by atoms with Crippen molar-refractivity contribution >= 4 is 21.6 Å². The molecule has 0 aliphatic rings. The van der Waals surface area contributed by atoms with E-state index in [1.807, 2.05) is 38.1 Å². The van der Waals surface area contributed by atoms with Crippen LogP contribution in [0.4, 0.5) is 5.69 Å². The van der Waals surface area contributed by atoms with Crippen LogP contribution in [0, 0.1) is 5.92 Å². The van der Waals surface area contributed by atoms with Gasteiger partial charge in [-0.1, -0.05) is 32.9 Å². The van der Waals surface area contributed by atoms with Crippen LogP contribution in [0.1, 0.15) is 26.3 Å². The number of ether oxygens (including phenoxy) is 1. The van der Waals surface area contributed by atoms with Gasteiger partial charge >= 0.3 is 0 Å². The highest BCUT2D eigenvalue weighted by atomic mass is 32.2. The Morgan fingerprint density at radius 2 is 1.67 bits per heavy atom. The van der Waals surface area contributed by atoms with Crippen LogP contribution in [-0.2, 0) is 21.2 Å². The lowest BCUT2D eigenvalue weighted by Gasteiger charge is -2.10. The van der Waals surface area contributed by atoms with Crippen molar-refractivity contribution in [3.63, 3.8) is 0 Å². The van der Waals surface area contributed by atoms with Gasteiger partial charge in [0.1, 0.15) is 5.75 Å². The number of carbonyl (C=O) groups is 1. The molecule has 0 aliphatic carbocycles. The fraction of sp³-hybridized carbons (Fsp3) is 0.350. The normalized spacial score (nSPS) is 11.4. The molecule has 0 aromatic heterocycles. The summed E-state index contributed by atoms with van der Waals surface area (Å²) in [5.41, 5.74) is 1.90. The number of rotatable bonds is 9. The van der Waals surface area contributed by atoms with Gasteiger partial charge in [-0.05, 0) is 54.3 Å². The Bertz CT molecular complexity index is 845. The zero-order valence-electron chi connectivity index (χ0n) is 15.9. The summed E-state index contributed by atoms with van der Waals surface area (Å²) in [5.74, 6) is 0.364. The number of hydrogen-bond donors (Lipinski definition) is 2. The van der Waals surface area contributed by atoms with Crippen molar-refractivity contribution in [1.82, 2.24) is 4.72 Å². The quantitative estimate of drug-likeness (QED) is 0.689. The first-order valence-electron chi connectivity index (χ1n) is 8.91. The number of sulfonamides is 1. The Labute approximate surface area is 161 Å². The Morgan fingerprint density at radius 1 is 1.04 bits per heavy atom. The monoisotopic (exact) mass is 390 g/mol. The Balaban J connectivity index is 1.87. The summed E-state index contributed by atoms with van der Waals surface area (Å²) >= 11 is 0. The van der Waals surface area contributed by atoms with Crippen molar-refractivity contribution in [2.24, 2.45) is 5.92 Å². The van der Waals surface area contributed by atoms with Gasteiger partial charge in [-0.3, -0.25) is 4.79 Å². The number of hydrogen-bond acceptors (Lipinski definition) is 4. The predicted molar refractivity (Wildman–Crippen MR) is 106 cm³/mol.